The molecule has 1 aliphatic rings. The Kier molecular flexibility index (Phi) is 3.26. The highest BCUT2D eigenvalue weighted by molar-refractivity contribution is 6.35. The highest BCUT2D eigenvalue weighted by Crippen LogP contribution is 2.24. The van der Waals surface area contributed by atoms with Gasteiger partial charge in [0, 0.05) is 5.92 Å². The molecule has 1 aliphatic carbocycles. The summed E-state index contributed by atoms with van der Waals surface area (Å²) in [5.41, 5.74) is 0.164. The zero-order valence-corrected chi connectivity index (χ0v) is 7.43. The highest BCUT2D eigenvalue weighted by atomic mass is 16.5. The molecule has 3 nitrogen and oxygen atoms in total. The van der Waals surface area contributed by atoms with E-state index in [4.69, 9.17) is 5.41 Å². The summed E-state index contributed by atoms with van der Waals surface area (Å²) in [7, 11) is 1.33. The van der Waals surface area contributed by atoms with Gasteiger partial charge in [-0.25, -0.2) is 4.79 Å². The van der Waals surface area contributed by atoms with Crippen LogP contribution in [0.3, 0.4) is 0 Å². The molecule has 0 radical (unpaired) electrons. The number of rotatable bonds is 2. The minimum Gasteiger partial charge on any atom is -0.465 e. The lowest BCUT2D eigenvalue weighted by atomic mass is 9.86. The van der Waals surface area contributed by atoms with Crippen molar-refractivity contribution in [2.24, 2.45) is 5.92 Å². The van der Waals surface area contributed by atoms with Crippen molar-refractivity contribution >= 4 is 11.7 Å². The molecule has 0 aromatic heterocycles. The molecule has 0 atom stereocenters. The Morgan fingerprint density at radius 1 is 1.33 bits per heavy atom. The fraction of sp³-hybridized carbons (Fsp3) is 0.778. The zero-order chi connectivity index (χ0) is 8.97. The molecule has 68 valence electrons. The van der Waals surface area contributed by atoms with E-state index in [0.29, 0.717) is 0 Å². The molecule has 1 N–H and O–H groups in total. The SMILES string of the molecule is COC(=O)C(=N)C1CCCCC1. The highest BCUT2D eigenvalue weighted by Gasteiger charge is 2.23. The van der Waals surface area contributed by atoms with Crippen LogP contribution in [0.5, 0.6) is 0 Å². The minimum absolute atomic E-state index is 0.159. The van der Waals surface area contributed by atoms with Crippen molar-refractivity contribution in [2.45, 2.75) is 32.1 Å². The predicted octanol–water partition coefficient (Wildman–Crippen LogP) is 1.76. The van der Waals surface area contributed by atoms with Crippen molar-refractivity contribution in [3.63, 3.8) is 0 Å². The van der Waals surface area contributed by atoms with Gasteiger partial charge in [-0.1, -0.05) is 19.3 Å². The molecule has 0 bridgehead atoms. The maximum absolute atomic E-state index is 11.0. The summed E-state index contributed by atoms with van der Waals surface area (Å²) in [6.45, 7) is 0. The summed E-state index contributed by atoms with van der Waals surface area (Å²) in [5.74, 6) is -0.298. The number of esters is 1. The summed E-state index contributed by atoms with van der Waals surface area (Å²) in [6, 6.07) is 0. The van der Waals surface area contributed by atoms with Gasteiger partial charge in [-0.05, 0) is 12.8 Å². The molecule has 0 spiro atoms. The van der Waals surface area contributed by atoms with Gasteiger partial charge in [-0.15, -0.1) is 0 Å². The first-order valence-electron chi connectivity index (χ1n) is 4.42. The Morgan fingerprint density at radius 2 is 1.92 bits per heavy atom. The topological polar surface area (TPSA) is 50.2 Å². The third-order valence-corrected chi connectivity index (χ3v) is 2.42. The van der Waals surface area contributed by atoms with Crippen LogP contribution in [0.4, 0.5) is 0 Å². The fourth-order valence-electron chi connectivity index (χ4n) is 1.67. The molecule has 0 aromatic rings. The third-order valence-electron chi connectivity index (χ3n) is 2.42. The first-order chi connectivity index (χ1) is 5.75. The van der Waals surface area contributed by atoms with Crippen LogP contribution in [-0.2, 0) is 9.53 Å². The Balaban J connectivity index is 2.45. The van der Waals surface area contributed by atoms with E-state index in [1.165, 1.54) is 13.5 Å². The predicted molar refractivity (Wildman–Crippen MR) is 46.3 cm³/mol. The summed E-state index contributed by atoms with van der Waals surface area (Å²) >= 11 is 0. The molecule has 3 heteroatoms. The number of methoxy groups -OCH3 is 1. The molecule has 0 saturated heterocycles. The van der Waals surface area contributed by atoms with Gasteiger partial charge in [0.15, 0.2) is 0 Å². The first kappa shape index (κ1) is 9.23. The van der Waals surface area contributed by atoms with Crippen LogP contribution in [0.25, 0.3) is 0 Å². The number of carbonyl (C=O) groups is 1. The van der Waals surface area contributed by atoms with Crippen LogP contribution in [0, 0.1) is 11.3 Å². The summed E-state index contributed by atoms with van der Waals surface area (Å²) in [6.07, 6.45) is 5.49. The second-order valence-electron chi connectivity index (χ2n) is 3.24. The van der Waals surface area contributed by atoms with Crippen LogP contribution < -0.4 is 0 Å². The van der Waals surface area contributed by atoms with Crippen molar-refractivity contribution in [3.05, 3.63) is 0 Å². The van der Waals surface area contributed by atoms with Crippen LogP contribution in [-0.4, -0.2) is 18.8 Å². The molecule has 1 rings (SSSR count). The van der Waals surface area contributed by atoms with Crippen LogP contribution in [0.2, 0.25) is 0 Å². The Bertz CT molecular complexity index is 183. The van der Waals surface area contributed by atoms with E-state index in [-0.39, 0.29) is 11.6 Å². The Hall–Kier alpha value is -0.860. The second-order valence-corrected chi connectivity index (χ2v) is 3.24. The molecule has 1 fully saturated rings. The third kappa shape index (κ3) is 2.06. The van der Waals surface area contributed by atoms with E-state index >= 15 is 0 Å². The summed E-state index contributed by atoms with van der Waals surface area (Å²) in [5, 5.41) is 7.51. The van der Waals surface area contributed by atoms with Crippen LogP contribution in [0.1, 0.15) is 32.1 Å². The van der Waals surface area contributed by atoms with Gasteiger partial charge in [-0.3, -0.25) is 5.41 Å². The van der Waals surface area contributed by atoms with E-state index in [1.807, 2.05) is 0 Å². The molecule has 0 heterocycles. The van der Waals surface area contributed by atoms with E-state index in [9.17, 15) is 4.79 Å². The van der Waals surface area contributed by atoms with E-state index in [0.717, 1.165) is 25.7 Å². The lowest BCUT2D eigenvalue weighted by Crippen LogP contribution is -2.25. The van der Waals surface area contributed by atoms with Crippen molar-refractivity contribution in [3.8, 4) is 0 Å². The summed E-state index contributed by atoms with van der Waals surface area (Å²) < 4.78 is 4.50. The van der Waals surface area contributed by atoms with Gasteiger partial charge >= 0.3 is 5.97 Å². The first-order valence-corrected chi connectivity index (χ1v) is 4.42. The Labute approximate surface area is 72.6 Å². The molecule has 12 heavy (non-hydrogen) atoms. The largest absolute Gasteiger partial charge is 0.465 e. The van der Waals surface area contributed by atoms with Crippen molar-refractivity contribution in [1.29, 1.82) is 5.41 Å². The summed E-state index contributed by atoms with van der Waals surface area (Å²) in [4.78, 5) is 11.0. The zero-order valence-electron chi connectivity index (χ0n) is 7.43. The maximum atomic E-state index is 11.0. The monoisotopic (exact) mass is 169 g/mol. The second kappa shape index (κ2) is 4.24. The van der Waals surface area contributed by atoms with Crippen molar-refractivity contribution in [1.82, 2.24) is 0 Å². The van der Waals surface area contributed by atoms with Crippen molar-refractivity contribution < 1.29 is 9.53 Å². The lowest BCUT2D eigenvalue weighted by Gasteiger charge is -2.20. The van der Waals surface area contributed by atoms with Crippen LogP contribution in [0.15, 0.2) is 0 Å². The molecular formula is C9H15NO2. The average molecular weight is 169 g/mol. The fourth-order valence-corrected chi connectivity index (χ4v) is 1.67. The molecule has 0 aliphatic heterocycles. The normalized spacial score (nSPS) is 18.8. The number of carbonyl (C=O) groups excluding carboxylic acids is 1. The molecule has 1 saturated carbocycles. The quantitative estimate of drug-likeness (QED) is 0.505. The average Bonchev–Trinajstić information content (AvgIpc) is 2.17. The van der Waals surface area contributed by atoms with Gasteiger partial charge in [0.2, 0.25) is 0 Å². The maximum Gasteiger partial charge on any atom is 0.351 e. The minimum atomic E-state index is -0.457. The van der Waals surface area contributed by atoms with E-state index in [2.05, 4.69) is 4.74 Å². The van der Waals surface area contributed by atoms with E-state index < -0.39 is 5.97 Å². The van der Waals surface area contributed by atoms with Gasteiger partial charge in [-0.2, -0.15) is 0 Å². The van der Waals surface area contributed by atoms with Gasteiger partial charge in [0.05, 0.1) is 7.11 Å². The van der Waals surface area contributed by atoms with Gasteiger partial charge < -0.3 is 4.74 Å². The van der Waals surface area contributed by atoms with Crippen LogP contribution >= 0.6 is 0 Å². The van der Waals surface area contributed by atoms with Gasteiger partial charge in [0.25, 0.3) is 0 Å². The molecule has 0 aromatic carbocycles. The number of hydrogen-bond donors (Lipinski definition) is 1. The molecule has 0 amide bonds. The standard InChI is InChI=1S/C9H15NO2/c1-12-9(11)8(10)7-5-3-2-4-6-7/h7,10H,2-6H2,1H3. The number of ether oxygens (including phenoxy) is 1. The number of hydrogen-bond acceptors (Lipinski definition) is 3. The molecular weight excluding hydrogens is 154 g/mol. The molecule has 0 unspecified atom stereocenters. The van der Waals surface area contributed by atoms with Gasteiger partial charge in [0.1, 0.15) is 5.71 Å². The Morgan fingerprint density at radius 3 is 2.42 bits per heavy atom. The van der Waals surface area contributed by atoms with Crippen molar-refractivity contribution in [2.75, 3.05) is 7.11 Å². The number of nitrogens with one attached hydrogen (secondary N) is 1. The smallest absolute Gasteiger partial charge is 0.351 e. The lowest BCUT2D eigenvalue weighted by molar-refractivity contribution is -0.133. The van der Waals surface area contributed by atoms with E-state index in [1.54, 1.807) is 0 Å².